The van der Waals surface area contributed by atoms with Gasteiger partial charge in [-0.15, -0.1) is 10.1 Å². The molecule has 0 saturated heterocycles. The minimum atomic E-state index is -0.694. The summed E-state index contributed by atoms with van der Waals surface area (Å²) < 4.78 is 0. The molecule has 1 aliphatic carbocycles. The van der Waals surface area contributed by atoms with Crippen molar-refractivity contribution >= 4 is 0 Å². The van der Waals surface area contributed by atoms with E-state index >= 15 is 0 Å². The summed E-state index contributed by atoms with van der Waals surface area (Å²) in [6.07, 6.45) is 2.49. The molecule has 0 aromatic carbocycles. The molecule has 14 heavy (non-hydrogen) atoms. The van der Waals surface area contributed by atoms with Gasteiger partial charge in [0.15, 0.2) is 0 Å². The minimum Gasteiger partial charge on any atom is -0.314 e. The van der Waals surface area contributed by atoms with Crippen molar-refractivity contribution in [2.45, 2.75) is 33.6 Å². The first kappa shape index (κ1) is 11.3. The third-order valence-electron chi connectivity index (χ3n) is 3.49. The Kier molecular flexibility index (Phi) is 3.72. The highest BCUT2D eigenvalue weighted by atomic mass is 16.9. The average Bonchev–Trinajstić information content (AvgIpc) is 2.42. The molecule has 1 saturated carbocycles. The molecular formula is C10H19NO3. The summed E-state index contributed by atoms with van der Waals surface area (Å²) in [5.74, 6) is 2.22. The van der Waals surface area contributed by atoms with Crippen LogP contribution in [-0.4, -0.2) is 11.7 Å². The van der Waals surface area contributed by atoms with Gasteiger partial charge < -0.3 is 4.84 Å². The fraction of sp³-hybridized carbons (Fsp3) is 1.00. The van der Waals surface area contributed by atoms with E-state index in [0.29, 0.717) is 17.8 Å². The standard InChI is InChI=1S/C10H19NO3/c1-7-4-5-8(2)10(7)9(3)6-14-11(12)13/h7-10H,4-6H2,1-3H3/t7-,8-,9?/m1/s1. The Bertz CT molecular complexity index is 198. The largest absolute Gasteiger partial charge is 0.314 e. The number of nitrogens with zero attached hydrogens (tertiary/aromatic N) is 1. The van der Waals surface area contributed by atoms with Crippen LogP contribution in [0.25, 0.3) is 0 Å². The second-order valence-electron chi connectivity index (χ2n) is 4.61. The van der Waals surface area contributed by atoms with E-state index in [9.17, 15) is 10.1 Å². The van der Waals surface area contributed by atoms with Crippen molar-refractivity contribution in [1.82, 2.24) is 0 Å². The van der Waals surface area contributed by atoms with Gasteiger partial charge in [0, 0.05) is 0 Å². The van der Waals surface area contributed by atoms with Gasteiger partial charge in [-0.05, 0) is 23.7 Å². The smallest absolute Gasteiger partial charge is 0.294 e. The van der Waals surface area contributed by atoms with Gasteiger partial charge in [0.25, 0.3) is 5.09 Å². The fourth-order valence-corrected chi connectivity index (χ4v) is 2.88. The Morgan fingerprint density at radius 3 is 2.36 bits per heavy atom. The van der Waals surface area contributed by atoms with E-state index in [1.807, 2.05) is 6.92 Å². The first-order chi connectivity index (χ1) is 6.52. The maximum absolute atomic E-state index is 10.1. The van der Waals surface area contributed by atoms with Crippen molar-refractivity contribution in [2.24, 2.45) is 23.7 Å². The van der Waals surface area contributed by atoms with Gasteiger partial charge in [-0.3, -0.25) is 0 Å². The molecule has 0 aromatic heterocycles. The average molecular weight is 201 g/mol. The molecular weight excluding hydrogens is 182 g/mol. The minimum absolute atomic E-state index is 0.242. The van der Waals surface area contributed by atoms with Gasteiger partial charge in [-0.2, -0.15) is 0 Å². The zero-order chi connectivity index (χ0) is 10.7. The molecule has 82 valence electrons. The number of hydrogen-bond donors (Lipinski definition) is 0. The summed E-state index contributed by atoms with van der Waals surface area (Å²) >= 11 is 0. The molecule has 0 spiro atoms. The van der Waals surface area contributed by atoms with Gasteiger partial charge in [0.1, 0.15) is 0 Å². The van der Waals surface area contributed by atoms with Crippen molar-refractivity contribution in [3.63, 3.8) is 0 Å². The van der Waals surface area contributed by atoms with Crippen molar-refractivity contribution in [1.29, 1.82) is 0 Å². The van der Waals surface area contributed by atoms with Gasteiger partial charge in [0.2, 0.25) is 0 Å². The Labute approximate surface area is 84.7 Å². The Hall–Kier alpha value is -0.800. The highest BCUT2D eigenvalue weighted by molar-refractivity contribution is 4.83. The van der Waals surface area contributed by atoms with Crippen molar-refractivity contribution in [3.05, 3.63) is 10.1 Å². The summed E-state index contributed by atoms with van der Waals surface area (Å²) in [6.45, 7) is 6.76. The Morgan fingerprint density at radius 2 is 1.93 bits per heavy atom. The summed E-state index contributed by atoms with van der Waals surface area (Å²) in [5.41, 5.74) is 0. The molecule has 0 radical (unpaired) electrons. The van der Waals surface area contributed by atoms with Crippen molar-refractivity contribution < 1.29 is 9.92 Å². The van der Waals surface area contributed by atoms with Gasteiger partial charge in [-0.25, -0.2) is 0 Å². The molecule has 1 aliphatic rings. The highest BCUT2D eigenvalue weighted by Crippen LogP contribution is 2.41. The molecule has 1 fully saturated rings. The molecule has 0 bridgehead atoms. The van der Waals surface area contributed by atoms with E-state index in [4.69, 9.17) is 0 Å². The molecule has 4 nitrogen and oxygen atoms in total. The summed E-state index contributed by atoms with van der Waals surface area (Å²) in [7, 11) is 0. The van der Waals surface area contributed by atoms with Crippen LogP contribution >= 0.6 is 0 Å². The first-order valence-electron chi connectivity index (χ1n) is 5.29. The quantitative estimate of drug-likeness (QED) is 0.518. The summed E-state index contributed by atoms with van der Waals surface area (Å²) in [5, 5.41) is 9.37. The van der Waals surface area contributed by atoms with E-state index < -0.39 is 5.09 Å². The lowest BCUT2D eigenvalue weighted by molar-refractivity contribution is -0.759. The van der Waals surface area contributed by atoms with Crippen LogP contribution in [0.4, 0.5) is 0 Å². The number of hydrogen-bond acceptors (Lipinski definition) is 3. The van der Waals surface area contributed by atoms with Crippen LogP contribution < -0.4 is 0 Å². The van der Waals surface area contributed by atoms with E-state index in [1.165, 1.54) is 12.8 Å². The van der Waals surface area contributed by atoms with Crippen LogP contribution in [0.15, 0.2) is 0 Å². The van der Waals surface area contributed by atoms with Crippen LogP contribution in [-0.2, 0) is 4.84 Å². The predicted molar refractivity (Wildman–Crippen MR) is 53.2 cm³/mol. The SMILES string of the molecule is CC(CO[N+](=O)[O-])C1[C@H](C)CC[C@H]1C. The third-order valence-corrected chi connectivity index (χ3v) is 3.49. The second-order valence-corrected chi connectivity index (χ2v) is 4.61. The fourth-order valence-electron chi connectivity index (χ4n) is 2.88. The molecule has 1 rings (SSSR count). The molecule has 0 aliphatic heterocycles. The maximum Gasteiger partial charge on any atom is 0.294 e. The number of rotatable bonds is 4. The van der Waals surface area contributed by atoms with Crippen molar-refractivity contribution in [3.8, 4) is 0 Å². The van der Waals surface area contributed by atoms with Crippen LogP contribution in [0.5, 0.6) is 0 Å². The molecule has 0 aromatic rings. The normalized spacial score (nSPS) is 30.2. The monoisotopic (exact) mass is 201 g/mol. The second kappa shape index (κ2) is 4.62. The maximum atomic E-state index is 10.1. The Balaban J connectivity index is 2.42. The van der Waals surface area contributed by atoms with Crippen LogP contribution in [0.2, 0.25) is 0 Å². The van der Waals surface area contributed by atoms with Gasteiger partial charge in [-0.1, -0.05) is 33.6 Å². The molecule has 0 amide bonds. The van der Waals surface area contributed by atoms with E-state index in [-0.39, 0.29) is 12.5 Å². The highest BCUT2D eigenvalue weighted by Gasteiger charge is 2.34. The first-order valence-corrected chi connectivity index (χ1v) is 5.29. The van der Waals surface area contributed by atoms with Crippen LogP contribution in [0, 0.1) is 33.8 Å². The molecule has 3 atom stereocenters. The predicted octanol–water partition coefficient (Wildman–Crippen LogP) is 2.51. The van der Waals surface area contributed by atoms with Gasteiger partial charge in [0.05, 0.1) is 6.61 Å². The lowest BCUT2D eigenvalue weighted by atomic mass is 9.81. The Morgan fingerprint density at radius 1 is 1.43 bits per heavy atom. The van der Waals surface area contributed by atoms with E-state index in [2.05, 4.69) is 18.7 Å². The lowest BCUT2D eigenvalue weighted by Crippen LogP contribution is -2.24. The van der Waals surface area contributed by atoms with Crippen LogP contribution in [0.3, 0.4) is 0 Å². The summed E-state index contributed by atoms with van der Waals surface area (Å²) in [4.78, 5) is 14.5. The summed E-state index contributed by atoms with van der Waals surface area (Å²) in [6, 6.07) is 0. The molecule has 0 heterocycles. The molecule has 0 N–H and O–H groups in total. The zero-order valence-corrected chi connectivity index (χ0v) is 9.10. The molecule has 4 heteroatoms. The third kappa shape index (κ3) is 2.59. The topological polar surface area (TPSA) is 52.4 Å². The van der Waals surface area contributed by atoms with Crippen molar-refractivity contribution in [2.75, 3.05) is 6.61 Å². The zero-order valence-electron chi connectivity index (χ0n) is 9.10. The van der Waals surface area contributed by atoms with Gasteiger partial charge >= 0.3 is 0 Å². The van der Waals surface area contributed by atoms with E-state index in [1.54, 1.807) is 0 Å². The van der Waals surface area contributed by atoms with Crippen LogP contribution in [0.1, 0.15) is 33.6 Å². The molecule has 1 unspecified atom stereocenters. The van der Waals surface area contributed by atoms with E-state index in [0.717, 1.165) is 0 Å². The lowest BCUT2D eigenvalue weighted by Gasteiger charge is -2.26.